The van der Waals surface area contributed by atoms with Crippen LogP contribution in [0.15, 0.2) is 82.6 Å². The Labute approximate surface area is 219 Å². The highest BCUT2D eigenvalue weighted by atomic mass is 32.2. The van der Waals surface area contributed by atoms with Crippen molar-refractivity contribution >= 4 is 36.1 Å². The van der Waals surface area contributed by atoms with Crippen LogP contribution in [-0.2, 0) is 9.59 Å². The van der Waals surface area contributed by atoms with Crippen LogP contribution in [0.25, 0.3) is 0 Å². The van der Waals surface area contributed by atoms with Gasteiger partial charge in [0, 0.05) is 32.1 Å². The van der Waals surface area contributed by atoms with Crippen molar-refractivity contribution in [2.75, 3.05) is 0 Å². The number of benzene rings is 2. The molecular weight excluding hydrogens is 468 g/mol. The van der Waals surface area contributed by atoms with Crippen LogP contribution in [0, 0.1) is 23.7 Å². The molecule has 0 N–H and O–H groups in total. The molecule has 2 nitrogen and oxygen atoms in total. The van der Waals surface area contributed by atoms with Crippen molar-refractivity contribution in [1.29, 1.82) is 0 Å². The SMILES string of the molecule is C1=CC2CCC1C2.O=C[C@@H]1CC[C@@H](Sc2ccccc2)C1.O=C[C@@H]1CC[C@H](Sc2ccccc2)C1. The number of carbonyl (C=O) groups excluding carboxylic acids is 2. The normalized spacial score (nSPS) is 30.2. The summed E-state index contributed by atoms with van der Waals surface area (Å²) in [5, 5.41) is 1.29. The van der Waals surface area contributed by atoms with E-state index in [1.807, 2.05) is 35.7 Å². The Morgan fingerprint density at radius 2 is 0.971 bits per heavy atom. The van der Waals surface area contributed by atoms with Crippen molar-refractivity contribution in [2.24, 2.45) is 23.7 Å². The van der Waals surface area contributed by atoms with Gasteiger partial charge in [-0.25, -0.2) is 0 Å². The summed E-state index contributed by atoms with van der Waals surface area (Å²) in [6.07, 6.45) is 18.1. The van der Waals surface area contributed by atoms with Crippen molar-refractivity contribution in [3.05, 3.63) is 72.8 Å². The lowest BCUT2D eigenvalue weighted by molar-refractivity contribution is -0.111. The maximum atomic E-state index is 10.6. The standard InChI is InChI=1S/2C12H14OS.C7H10/c2*13-9-10-6-7-12(8-10)14-11-4-2-1-3-5-11;1-2-7-4-3-6(1)5-7/h2*1-5,9-10,12H,6-8H2;1-2,6-7H,3-5H2/t10-,12+;10-,12-;/m11./s1. The molecule has 4 aliphatic carbocycles. The molecule has 2 bridgehead atoms. The number of fused-ring (bicyclic) bond motifs is 2. The Bertz CT molecular complexity index is 854. The topological polar surface area (TPSA) is 34.1 Å². The average Bonchev–Trinajstić information content (AvgIpc) is 3.72. The van der Waals surface area contributed by atoms with Crippen LogP contribution in [0.4, 0.5) is 0 Å². The van der Waals surface area contributed by atoms with Gasteiger partial charge in [-0.15, -0.1) is 23.5 Å². The summed E-state index contributed by atoms with van der Waals surface area (Å²) >= 11 is 3.82. The third-order valence-electron chi connectivity index (χ3n) is 7.50. The van der Waals surface area contributed by atoms with Crippen LogP contribution in [0.2, 0.25) is 0 Å². The van der Waals surface area contributed by atoms with Gasteiger partial charge in [-0.3, -0.25) is 0 Å². The van der Waals surface area contributed by atoms with Crippen LogP contribution in [0.5, 0.6) is 0 Å². The maximum Gasteiger partial charge on any atom is 0.123 e. The summed E-state index contributed by atoms with van der Waals surface area (Å²) < 4.78 is 0. The predicted octanol–water partition coefficient (Wildman–Crippen LogP) is 8.27. The first-order valence-electron chi connectivity index (χ1n) is 13.2. The molecule has 0 saturated heterocycles. The molecule has 3 saturated carbocycles. The maximum absolute atomic E-state index is 10.6. The van der Waals surface area contributed by atoms with Crippen LogP contribution in [0.1, 0.15) is 57.8 Å². The first-order valence-corrected chi connectivity index (χ1v) is 15.0. The molecule has 2 aromatic carbocycles. The van der Waals surface area contributed by atoms with Crippen molar-refractivity contribution in [1.82, 2.24) is 0 Å². The largest absolute Gasteiger partial charge is 0.303 e. The van der Waals surface area contributed by atoms with Gasteiger partial charge < -0.3 is 9.59 Å². The lowest BCUT2D eigenvalue weighted by atomic mass is 10.1. The zero-order valence-corrected chi connectivity index (χ0v) is 22.2. The second-order valence-corrected chi connectivity index (χ2v) is 13.0. The molecule has 0 aromatic heterocycles. The Kier molecular flexibility index (Phi) is 10.6. The van der Waals surface area contributed by atoms with E-state index in [0.717, 1.165) is 50.1 Å². The van der Waals surface area contributed by atoms with Crippen molar-refractivity contribution in [2.45, 2.75) is 78.1 Å². The van der Waals surface area contributed by atoms with Gasteiger partial charge in [0.25, 0.3) is 0 Å². The average molecular weight is 507 g/mol. The third-order valence-corrected chi connectivity index (χ3v) is 10.1. The molecule has 0 spiro atoms. The molecule has 6 rings (SSSR count). The minimum atomic E-state index is 0.316. The summed E-state index contributed by atoms with van der Waals surface area (Å²) in [4.78, 5) is 23.8. The summed E-state index contributed by atoms with van der Waals surface area (Å²) in [5.74, 6) is 2.61. The third kappa shape index (κ3) is 8.68. The highest BCUT2D eigenvalue weighted by molar-refractivity contribution is 8.00. The van der Waals surface area contributed by atoms with E-state index in [1.54, 1.807) is 0 Å². The summed E-state index contributed by atoms with van der Waals surface area (Å²) in [6.45, 7) is 0. The molecule has 0 amide bonds. The van der Waals surface area contributed by atoms with Crippen LogP contribution < -0.4 is 0 Å². The quantitative estimate of drug-likeness (QED) is 0.292. The lowest BCUT2D eigenvalue weighted by Gasteiger charge is -2.08. The second kappa shape index (κ2) is 14.1. The zero-order chi connectivity index (χ0) is 24.3. The summed E-state index contributed by atoms with van der Waals surface area (Å²) in [6, 6.07) is 20.9. The first-order chi connectivity index (χ1) is 17.2. The lowest BCUT2D eigenvalue weighted by Crippen LogP contribution is -1.98. The smallest absolute Gasteiger partial charge is 0.123 e. The zero-order valence-electron chi connectivity index (χ0n) is 20.5. The number of carbonyl (C=O) groups is 2. The van der Waals surface area contributed by atoms with E-state index < -0.39 is 0 Å². The Morgan fingerprint density at radius 1 is 0.543 bits per heavy atom. The van der Waals surface area contributed by atoms with E-state index in [2.05, 4.69) is 60.7 Å². The summed E-state index contributed by atoms with van der Waals surface area (Å²) in [5.41, 5.74) is 0. The van der Waals surface area contributed by atoms with E-state index in [1.165, 1.54) is 41.9 Å². The minimum Gasteiger partial charge on any atom is -0.303 e. The van der Waals surface area contributed by atoms with E-state index in [9.17, 15) is 9.59 Å². The molecule has 4 aliphatic rings. The van der Waals surface area contributed by atoms with Gasteiger partial charge in [0.2, 0.25) is 0 Å². The molecule has 35 heavy (non-hydrogen) atoms. The molecule has 186 valence electrons. The van der Waals surface area contributed by atoms with Gasteiger partial charge >= 0.3 is 0 Å². The molecule has 2 aromatic rings. The van der Waals surface area contributed by atoms with Gasteiger partial charge in [-0.05, 0) is 93.9 Å². The van der Waals surface area contributed by atoms with Crippen molar-refractivity contribution < 1.29 is 9.59 Å². The predicted molar refractivity (Wildman–Crippen MR) is 149 cm³/mol. The molecule has 3 fully saturated rings. The highest BCUT2D eigenvalue weighted by Crippen LogP contribution is 2.39. The van der Waals surface area contributed by atoms with E-state index in [0.29, 0.717) is 22.3 Å². The number of thioether (sulfide) groups is 2. The van der Waals surface area contributed by atoms with Gasteiger partial charge in [-0.2, -0.15) is 0 Å². The molecule has 0 heterocycles. The van der Waals surface area contributed by atoms with Gasteiger partial charge in [-0.1, -0.05) is 48.6 Å². The molecule has 0 aliphatic heterocycles. The molecular formula is C31H38O2S2. The number of hydrogen-bond acceptors (Lipinski definition) is 4. The molecule has 0 radical (unpaired) electrons. The highest BCUT2D eigenvalue weighted by Gasteiger charge is 2.26. The van der Waals surface area contributed by atoms with Crippen LogP contribution in [-0.4, -0.2) is 23.1 Å². The monoisotopic (exact) mass is 506 g/mol. The number of aldehydes is 2. The number of allylic oxidation sites excluding steroid dienone is 2. The van der Waals surface area contributed by atoms with Crippen molar-refractivity contribution in [3.63, 3.8) is 0 Å². The van der Waals surface area contributed by atoms with E-state index >= 15 is 0 Å². The Morgan fingerprint density at radius 3 is 1.26 bits per heavy atom. The Hall–Kier alpha value is -1.78. The van der Waals surface area contributed by atoms with Crippen LogP contribution >= 0.6 is 23.5 Å². The number of hydrogen-bond donors (Lipinski definition) is 0. The fourth-order valence-corrected chi connectivity index (χ4v) is 8.10. The Balaban J connectivity index is 0.000000130. The molecule has 6 atom stereocenters. The number of rotatable bonds is 6. The first kappa shape index (κ1) is 26.3. The fraction of sp³-hybridized carbons (Fsp3) is 0.484. The molecule has 2 unspecified atom stereocenters. The fourth-order valence-electron chi connectivity index (χ4n) is 5.51. The minimum absolute atomic E-state index is 0.316. The molecule has 4 heteroatoms. The van der Waals surface area contributed by atoms with Gasteiger partial charge in [0.05, 0.1) is 0 Å². The van der Waals surface area contributed by atoms with Gasteiger partial charge in [0.1, 0.15) is 12.6 Å². The second-order valence-electron chi connectivity index (χ2n) is 10.2. The van der Waals surface area contributed by atoms with Crippen molar-refractivity contribution in [3.8, 4) is 0 Å². The van der Waals surface area contributed by atoms with E-state index in [4.69, 9.17) is 0 Å². The summed E-state index contributed by atoms with van der Waals surface area (Å²) in [7, 11) is 0. The van der Waals surface area contributed by atoms with Gasteiger partial charge in [0.15, 0.2) is 0 Å². The van der Waals surface area contributed by atoms with Crippen LogP contribution in [0.3, 0.4) is 0 Å². The van der Waals surface area contributed by atoms with E-state index in [-0.39, 0.29) is 0 Å².